The second kappa shape index (κ2) is 4.80. The minimum Gasteiger partial charge on any atom is -0.391 e. The molecule has 6 heteroatoms. The Hall–Kier alpha value is -0.850. The van der Waals surface area contributed by atoms with Gasteiger partial charge in [0.15, 0.2) is 9.84 Å². The first-order valence-electron chi connectivity index (χ1n) is 5.10. The average molecular weight is 272 g/mol. The largest absolute Gasteiger partial charge is 0.391 e. The normalized spacial score (nSPS) is 26.9. The Morgan fingerprint density at radius 2 is 2.12 bits per heavy atom. The molecule has 1 aromatic rings. The summed E-state index contributed by atoms with van der Waals surface area (Å²) in [4.78, 5) is 11.4. The van der Waals surface area contributed by atoms with E-state index in [9.17, 15) is 18.3 Å². The smallest absolute Gasteiger partial charge is 0.154 e. The highest BCUT2D eigenvalue weighted by Crippen LogP contribution is 2.31. The van der Waals surface area contributed by atoms with Gasteiger partial charge in [-0.2, -0.15) is 0 Å². The van der Waals surface area contributed by atoms with E-state index in [1.807, 2.05) is 0 Å². The van der Waals surface area contributed by atoms with Gasteiger partial charge in [-0.05, 0) is 12.1 Å². The zero-order valence-corrected chi connectivity index (χ0v) is 10.6. The van der Waals surface area contributed by atoms with Crippen LogP contribution in [-0.4, -0.2) is 42.7 Å². The molecule has 0 radical (unpaired) electrons. The van der Waals surface area contributed by atoms with Crippen molar-refractivity contribution in [2.45, 2.75) is 16.2 Å². The summed E-state index contributed by atoms with van der Waals surface area (Å²) < 4.78 is 22.7. The molecule has 4 nitrogen and oxygen atoms in total. The quantitative estimate of drug-likeness (QED) is 0.822. The first kappa shape index (κ1) is 12.6. The van der Waals surface area contributed by atoms with Gasteiger partial charge < -0.3 is 5.11 Å². The number of aldehydes is 1. The molecule has 2 rings (SSSR count). The molecule has 0 aromatic heterocycles. The van der Waals surface area contributed by atoms with Crippen molar-refractivity contribution in [3.05, 3.63) is 29.8 Å². The molecule has 0 bridgehead atoms. The van der Waals surface area contributed by atoms with Gasteiger partial charge in [-0.15, -0.1) is 11.8 Å². The third-order valence-electron chi connectivity index (χ3n) is 2.55. The summed E-state index contributed by atoms with van der Waals surface area (Å²) in [6.07, 6.45) is -0.0869. The van der Waals surface area contributed by atoms with Crippen LogP contribution in [-0.2, 0) is 9.84 Å². The Labute approximate surface area is 104 Å². The lowest BCUT2D eigenvalue weighted by atomic mass is 10.2. The SMILES string of the molecule is O=Cc1cccc(SC2CS(=O)(=O)CC2O)c1. The summed E-state index contributed by atoms with van der Waals surface area (Å²) in [5, 5.41) is 9.30. The van der Waals surface area contributed by atoms with Gasteiger partial charge in [0.2, 0.25) is 0 Å². The Morgan fingerprint density at radius 3 is 2.71 bits per heavy atom. The van der Waals surface area contributed by atoms with E-state index in [0.29, 0.717) is 5.56 Å². The lowest BCUT2D eigenvalue weighted by molar-refractivity contribution is 0.112. The molecular weight excluding hydrogens is 260 g/mol. The van der Waals surface area contributed by atoms with E-state index >= 15 is 0 Å². The fourth-order valence-electron chi connectivity index (χ4n) is 1.75. The minimum absolute atomic E-state index is 0.00977. The number of carbonyl (C=O) groups is 1. The van der Waals surface area contributed by atoms with Gasteiger partial charge in [0, 0.05) is 10.5 Å². The summed E-state index contributed by atoms with van der Waals surface area (Å²) in [5.74, 6) is -0.178. The van der Waals surface area contributed by atoms with Crippen LogP contribution in [0.1, 0.15) is 10.4 Å². The van der Waals surface area contributed by atoms with Crippen molar-refractivity contribution >= 4 is 27.9 Å². The lowest BCUT2D eigenvalue weighted by Crippen LogP contribution is -2.19. The van der Waals surface area contributed by atoms with Crippen LogP contribution in [0.25, 0.3) is 0 Å². The Kier molecular flexibility index (Phi) is 3.56. The van der Waals surface area contributed by atoms with Crippen LogP contribution in [0.4, 0.5) is 0 Å². The van der Waals surface area contributed by atoms with Crippen LogP contribution in [0.3, 0.4) is 0 Å². The van der Waals surface area contributed by atoms with E-state index in [2.05, 4.69) is 0 Å². The van der Waals surface area contributed by atoms with Crippen LogP contribution in [0.15, 0.2) is 29.2 Å². The van der Waals surface area contributed by atoms with Crippen LogP contribution < -0.4 is 0 Å². The summed E-state index contributed by atoms with van der Waals surface area (Å²) in [6.45, 7) is 0. The molecule has 1 saturated heterocycles. The maximum atomic E-state index is 11.3. The molecule has 2 atom stereocenters. The van der Waals surface area contributed by atoms with Crippen molar-refractivity contribution in [3.8, 4) is 0 Å². The topological polar surface area (TPSA) is 71.4 Å². The molecule has 0 spiro atoms. The molecule has 1 fully saturated rings. The predicted octanol–water partition coefficient (Wildman–Crippen LogP) is 0.749. The van der Waals surface area contributed by atoms with Gasteiger partial charge >= 0.3 is 0 Å². The number of benzene rings is 1. The third-order valence-corrected chi connectivity index (χ3v) is 5.79. The lowest BCUT2D eigenvalue weighted by Gasteiger charge is -2.12. The van der Waals surface area contributed by atoms with E-state index in [-0.39, 0.29) is 16.8 Å². The maximum absolute atomic E-state index is 11.3. The second-order valence-corrected chi connectivity index (χ2v) is 7.46. The molecule has 1 aromatic carbocycles. The second-order valence-electron chi connectivity index (χ2n) is 3.99. The molecule has 0 aliphatic carbocycles. The van der Waals surface area contributed by atoms with E-state index < -0.39 is 15.9 Å². The van der Waals surface area contributed by atoms with E-state index in [4.69, 9.17) is 0 Å². The van der Waals surface area contributed by atoms with Crippen molar-refractivity contribution in [2.75, 3.05) is 11.5 Å². The average Bonchev–Trinajstić information content (AvgIpc) is 2.52. The van der Waals surface area contributed by atoms with Gasteiger partial charge in [-0.1, -0.05) is 12.1 Å². The highest BCUT2D eigenvalue weighted by Gasteiger charge is 2.36. The van der Waals surface area contributed by atoms with Crippen LogP contribution >= 0.6 is 11.8 Å². The van der Waals surface area contributed by atoms with Crippen molar-refractivity contribution in [1.82, 2.24) is 0 Å². The first-order chi connectivity index (χ1) is 8.00. The van der Waals surface area contributed by atoms with Gasteiger partial charge in [0.25, 0.3) is 0 Å². The molecule has 2 unspecified atom stereocenters. The zero-order chi connectivity index (χ0) is 12.5. The summed E-state index contributed by atoms with van der Waals surface area (Å²) in [5.41, 5.74) is 0.547. The first-order valence-corrected chi connectivity index (χ1v) is 7.81. The molecule has 17 heavy (non-hydrogen) atoms. The Bertz CT molecular complexity index is 524. The van der Waals surface area contributed by atoms with Gasteiger partial charge in [-0.25, -0.2) is 8.42 Å². The highest BCUT2D eigenvalue weighted by atomic mass is 32.2. The number of thioether (sulfide) groups is 1. The van der Waals surface area contributed by atoms with Gasteiger partial charge in [-0.3, -0.25) is 4.79 Å². The van der Waals surface area contributed by atoms with Gasteiger partial charge in [0.1, 0.15) is 6.29 Å². The molecule has 1 aliphatic heterocycles. The molecule has 1 N–H and O–H groups in total. The van der Waals surface area contributed by atoms with E-state index in [0.717, 1.165) is 11.2 Å². The number of aliphatic hydroxyl groups excluding tert-OH is 1. The third kappa shape index (κ3) is 3.08. The molecule has 0 saturated carbocycles. The summed E-state index contributed by atoms with van der Waals surface area (Å²) in [6, 6.07) is 6.91. The number of hydrogen-bond donors (Lipinski definition) is 1. The fraction of sp³-hybridized carbons (Fsp3) is 0.364. The molecule has 1 aliphatic rings. The van der Waals surface area contributed by atoms with Crippen molar-refractivity contribution in [3.63, 3.8) is 0 Å². The molecular formula is C11H12O4S2. The number of rotatable bonds is 3. The highest BCUT2D eigenvalue weighted by molar-refractivity contribution is 8.02. The number of hydrogen-bond acceptors (Lipinski definition) is 5. The standard InChI is InChI=1S/C11H12O4S2/c12-5-8-2-1-3-9(4-8)16-11-7-17(14,15)6-10(11)13/h1-5,10-11,13H,6-7H2. The zero-order valence-electron chi connectivity index (χ0n) is 8.94. The van der Waals surface area contributed by atoms with E-state index in [1.54, 1.807) is 24.3 Å². The van der Waals surface area contributed by atoms with E-state index in [1.165, 1.54) is 11.8 Å². The van der Waals surface area contributed by atoms with Crippen molar-refractivity contribution < 1.29 is 18.3 Å². The maximum Gasteiger partial charge on any atom is 0.154 e. The number of sulfone groups is 1. The summed E-state index contributed by atoms with van der Waals surface area (Å²) >= 11 is 1.30. The number of carbonyl (C=O) groups excluding carboxylic acids is 1. The molecule has 1 heterocycles. The van der Waals surface area contributed by atoms with Crippen molar-refractivity contribution in [1.29, 1.82) is 0 Å². The summed E-state index contributed by atoms with van der Waals surface area (Å²) in [7, 11) is -3.12. The Morgan fingerprint density at radius 1 is 1.35 bits per heavy atom. The molecule has 92 valence electrons. The van der Waals surface area contributed by atoms with Crippen molar-refractivity contribution in [2.24, 2.45) is 0 Å². The Balaban J connectivity index is 2.13. The van der Waals surface area contributed by atoms with Gasteiger partial charge in [0.05, 0.1) is 22.9 Å². The van der Waals surface area contributed by atoms with Crippen LogP contribution in [0, 0.1) is 0 Å². The fourth-order valence-corrected chi connectivity index (χ4v) is 5.34. The molecule has 0 amide bonds. The monoisotopic (exact) mass is 272 g/mol. The minimum atomic E-state index is -3.12. The number of aliphatic hydroxyl groups is 1. The van der Waals surface area contributed by atoms with Crippen LogP contribution in [0.2, 0.25) is 0 Å². The van der Waals surface area contributed by atoms with Crippen LogP contribution in [0.5, 0.6) is 0 Å². The predicted molar refractivity (Wildman–Crippen MR) is 66.1 cm³/mol.